The third-order valence-corrected chi connectivity index (χ3v) is 9.48. The molecule has 1 fully saturated rings. The molecule has 10 nitrogen and oxygen atoms in total. The average Bonchev–Trinajstić information content (AvgIpc) is 3.53. The smallest absolute Gasteiger partial charge is 0.338 e. The lowest BCUT2D eigenvalue weighted by Gasteiger charge is -2.29. The third kappa shape index (κ3) is 5.65. The number of benzene rings is 2. The monoisotopic (exact) mass is 642 g/mol. The molecule has 2 aliphatic heterocycles. The molecule has 2 aromatic heterocycles. The van der Waals surface area contributed by atoms with Gasteiger partial charge >= 0.3 is 5.97 Å². The summed E-state index contributed by atoms with van der Waals surface area (Å²) in [6.07, 6.45) is 1.91. The Morgan fingerprint density at radius 3 is 2.41 bits per heavy atom. The highest BCUT2D eigenvalue weighted by molar-refractivity contribution is 7.07. The maximum absolute atomic E-state index is 14.2. The van der Waals surface area contributed by atoms with Crippen molar-refractivity contribution in [1.82, 2.24) is 9.13 Å². The summed E-state index contributed by atoms with van der Waals surface area (Å²) in [4.78, 5) is 35.1. The first kappa shape index (κ1) is 31.4. The van der Waals surface area contributed by atoms with E-state index in [2.05, 4.69) is 53.6 Å². The van der Waals surface area contributed by atoms with E-state index in [0.717, 1.165) is 48.9 Å². The van der Waals surface area contributed by atoms with Crippen LogP contribution in [0.4, 0.5) is 5.69 Å². The fraction of sp³-hybridized carbons (Fsp3) is 0.343. The van der Waals surface area contributed by atoms with Crippen LogP contribution in [-0.4, -0.2) is 62.2 Å². The number of esters is 1. The highest BCUT2D eigenvalue weighted by atomic mass is 32.1. The van der Waals surface area contributed by atoms with Crippen molar-refractivity contribution in [3.8, 4) is 17.2 Å². The quantitative estimate of drug-likeness (QED) is 0.268. The molecule has 0 unspecified atom stereocenters. The number of anilines is 1. The average molecular weight is 643 g/mol. The van der Waals surface area contributed by atoms with Gasteiger partial charge in [-0.15, -0.1) is 0 Å². The number of aryl methyl sites for hydroxylation is 1. The molecule has 0 radical (unpaired) electrons. The Hall–Kier alpha value is -4.61. The Kier molecular flexibility index (Phi) is 8.88. The Bertz CT molecular complexity index is 2000. The number of methoxy groups -OCH3 is 2. The lowest BCUT2D eigenvalue weighted by Crippen LogP contribution is -2.40. The third-order valence-electron chi connectivity index (χ3n) is 8.49. The summed E-state index contributed by atoms with van der Waals surface area (Å²) in [5.41, 5.74) is 6.39. The number of aromatic nitrogens is 2. The number of carbonyl (C=O) groups is 1. The summed E-state index contributed by atoms with van der Waals surface area (Å²) in [5.74, 6) is 0.556. The first-order chi connectivity index (χ1) is 22.2. The number of nitrogens with zero attached hydrogens (tertiary/aromatic N) is 4. The number of ether oxygens (including phenoxy) is 4. The standard InChI is InChI=1S/C35H38N4O6S/c1-7-45-34(41)31-22(3)36-35-39(32(31)28-13-12-27(42-5)20-29(28)43-6)33(40)30(46-35)19-24-18-21(2)38(23(24)4)26-10-8-25(9-11-26)37-14-16-44-17-15-37/h8-13,18-20,32H,7,14-17H2,1-6H3/b30-19+/t32-/m1/s1. The van der Waals surface area contributed by atoms with E-state index in [4.69, 9.17) is 23.9 Å². The predicted octanol–water partition coefficient (Wildman–Crippen LogP) is 4.06. The van der Waals surface area contributed by atoms with Crippen LogP contribution >= 0.6 is 11.3 Å². The fourth-order valence-electron chi connectivity index (χ4n) is 6.24. The van der Waals surface area contributed by atoms with Gasteiger partial charge in [-0.1, -0.05) is 11.3 Å². The zero-order valence-corrected chi connectivity index (χ0v) is 27.8. The zero-order chi connectivity index (χ0) is 32.5. The van der Waals surface area contributed by atoms with Crippen LogP contribution in [0.3, 0.4) is 0 Å². The van der Waals surface area contributed by atoms with E-state index in [1.165, 1.54) is 17.0 Å². The van der Waals surface area contributed by atoms with Crippen molar-refractivity contribution in [3.63, 3.8) is 0 Å². The van der Waals surface area contributed by atoms with Gasteiger partial charge in [0.25, 0.3) is 5.56 Å². The number of fused-ring (bicyclic) bond motifs is 1. The van der Waals surface area contributed by atoms with Crippen LogP contribution in [0.5, 0.6) is 11.5 Å². The van der Waals surface area contributed by atoms with Gasteiger partial charge in [0.15, 0.2) is 4.80 Å². The van der Waals surface area contributed by atoms with E-state index >= 15 is 0 Å². The van der Waals surface area contributed by atoms with Gasteiger partial charge in [-0.2, -0.15) is 0 Å². The molecule has 2 aromatic carbocycles. The minimum atomic E-state index is -0.796. The molecule has 46 heavy (non-hydrogen) atoms. The van der Waals surface area contributed by atoms with E-state index in [0.29, 0.717) is 37.7 Å². The summed E-state index contributed by atoms with van der Waals surface area (Å²) in [5, 5.41) is 0. The lowest BCUT2D eigenvalue weighted by atomic mass is 9.95. The molecule has 4 aromatic rings. The molecular weight excluding hydrogens is 604 g/mol. The molecule has 0 saturated carbocycles. The normalized spacial score (nSPS) is 16.7. The van der Waals surface area contributed by atoms with Crippen molar-refractivity contribution in [1.29, 1.82) is 0 Å². The van der Waals surface area contributed by atoms with Crippen LogP contribution in [0.15, 0.2) is 69.6 Å². The molecule has 4 heterocycles. The highest BCUT2D eigenvalue weighted by Gasteiger charge is 2.35. The molecule has 2 aliphatic rings. The van der Waals surface area contributed by atoms with E-state index in [-0.39, 0.29) is 12.2 Å². The van der Waals surface area contributed by atoms with E-state index < -0.39 is 12.0 Å². The van der Waals surface area contributed by atoms with Crippen molar-refractivity contribution in [2.45, 2.75) is 33.7 Å². The van der Waals surface area contributed by atoms with E-state index in [1.54, 1.807) is 44.8 Å². The van der Waals surface area contributed by atoms with Gasteiger partial charge < -0.3 is 28.4 Å². The van der Waals surface area contributed by atoms with Crippen LogP contribution in [0, 0.1) is 13.8 Å². The molecule has 0 N–H and O–H groups in total. The van der Waals surface area contributed by atoms with Crippen LogP contribution < -0.4 is 29.3 Å². The molecule has 0 aliphatic carbocycles. The molecule has 0 amide bonds. The van der Waals surface area contributed by atoms with Crippen LogP contribution in [-0.2, 0) is 14.3 Å². The van der Waals surface area contributed by atoms with Gasteiger partial charge in [0, 0.05) is 47.5 Å². The molecule has 0 spiro atoms. The van der Waals surface area contributed by atoms with E-state index in [9.17, 15) is 9.59 Å². The Labute approximate surface area is 271 Å². The minimum Gasteiger partial charge on any atom is -0.497 e. The van der Waals surface area contributed by atoms with Crippen molar-refractivity contribution in [2.24, 2.45) is 4.99 Å². The number of allylic oxidation sites excluding steroid dienone is 1. The first-order valence-electron chi connectivity index (χ1n) is 15.3. The molecule has 1 saturated heterocycles. The van der Waals surface area contributed by atoms with Crippen molar-refractivity contribution < 1.29 is 23.7 Å². The zero-order valence-electron chi connectivity index (χ0n) is 27.0. The Balaban J connectivity index is 1.44. The maximum Gasteiger partial charge on any atom is 0.338 e. The fourth-order valence-corrected chi connectivity index (χ4v) is 7.27. The molecule has 11 heteroatoms. The number of hydrogen-bond acceptors (Lipinski definition) is 9. The first-order valence-corrected chi connectivity index (χ1v) is 16.1. The number of rotatable bonds is 8. The van der Waals surface area contributed by atoms with Crippen LogP contribution in [0.1, 0.15) is 42.4 Å². The summed E-state index contributed by atoms with van der Waals surface area (Å²) in [6, 6.07) is 15.2. The van der Waals surface area contributed by atoms with Crippen LogP contribution in [0.2, 0.25) is 0 Å². The summed E-state index contributed by atoms with van der Waals surface area (Å²) in [7, 11) is 3.12. The van der Waals surface area contributed by atoms with Crippen LogP contribution in [0.25, 0.3) is 11.8 Å². The number of carbonyl (C=O) groups excluding carboxylic acids is 1. The largest absolute Gasteiger partial charge is 0.497 e. The van der Waals surface area contributed by atoms with Gasteiger partial charge in [-0.05, 0) is 81.8 Å². The van der Waals surface area contributed by atoms with Gasteiger partial charge in [0.05, 0.1) is 49.8 Å². The van der Waals surface area contributed by atoms with Gasteiger partial charge in [0.2, 0.25) is 0 Å². The number of morpholine rings is 1. The lowest BCUT2D eigenvalue weighted by molar-refractivity contribution is -0.139. The molecule has 1 atom stereocenters. The molecule has 240 valence electrons. The summed E-state index contributed by atoms with van der Waals surface area (Å²) < 4.78 is 26.3. The molecule has 6 rings (SSSR count). The Morgan fingerprint density at radius 2 is 1.74 bits per heavy atom. The van der Waals surface area contributed by atoms with Crippen molar-refractivity contribution in [2.75, 3.05) is 52.0 Å². The van der Waals surface area contributed by atoms with Gasteiger partial charge in [-0.25, -0.2) is 9.79 Å². The van der Waals surface area contributed by atoms with Crippen molar-refractivity contribution in [3.05, 3.63) is 102 Å². The second-order valence-electron chi connectivity index (χ2n) is 11.2. The SMILES string of the molecule is CCOC(=O)C1=C(C)N=c2s/c(=C/c3cc(C)n(-c4ccc(N5CCOCC5)cc4)c3C)c(=O)n2[C@@H]1c1ccc(OC)cc1OC. The van der Waals surface area contributed by atoms with Gasteiger partial charge in [-0.3, -0.25) is 9.36 Å². The van der Waals surface area contributed by atoms with Gasteiger partial charge in [0.1, 0.15) is 17.5 Å². The number of thiazole rings is 1. The van der Waals surface area contributed by atoms with E-state index in [1.807, 2.05) is 12.1 Å². The van der Waals surface area contributed by atoms with Crippen molar-refractivity contribution >= 4 is 29.1 Å². The predicted molar refractivity (Wildman–Crippen MR) is 178 cm³/mol. The molecule has 0 bridgehead atoms. The number of hydrogen-bond donors (Lipinski definition) is 0. The topological polar surface area (TPSA) is 96.5 Å². The second kappa shape index (κ2) is 13.0. The second-order valence-corrected chi connectivity index (χ2v) is 12.2. The summed E-state index contributed by atoms with van der Waals surface area (Å²) >= 11 is 1.30. The summed E-state index contributed by atoms with van der Waals surface area (Å²) in [6.45, 7) is 11.1. The molecular formula is C35H38N4O6S. The minimum absolute atomic E-state index is 0.193. The maximum atomic E-state index is 14.2. The Morgan fingerprint density at radius 1 is 1.02 bits per heavy atom. The highest BCUT2D eigenvalue weighted by Crippen LogP contribution is 2.37.